The van der Waals surface area contributed by atoms with Crippen LogP contribution in [0.4, 0.5) is 0 Å². The Labute approximate surface area is 319 Å². The number of aromatic nitrogens is 5. The van der Waals surface area contributed by atoms with Gasteiger partial charge in [-0.1, -0.05) is 133 Å². The molecule has 0 saturated carbocycles. The maximum Gasteiger partial charge on any atom is 0.238 e. The fourth-order valence-electron chi connectivity index (χ4n) is 8.47. The average Bonchev–Trinajstić information content (AvgIpc) is 3.91. The number of nitrogens with zero attached hydrogens (tertiary/aromatic N) is 5. The molecule has 256 valence electrons. The number of thiophene rings is 1. The summed E-state index contributed by atoms with van der Waals surface area (Å²) >= 11 is 1.80. The first-order chi connectivity index (χ1) is 27.3. The monoisotopic (exact) mass is 719 g/mol. The zero-order valence-corrected chi connectivity index (χ0v) is 30.2. The summed E-state index contributed by atoms with van der Waals surface area (Å²) in [5, 5.41) is 9.49. The molecule has 0 bridgehead atoms. The number of hydrogen-bond donors (Lipinski definition) is 0. The fraction of sp³-hybridized carbons (Fsp3) is 0. The van der Waals surface area contributed by atoms with Crippen LogP contribution in [0.3, 0.4) is 0 Å². The highest BCUT2D eigenvalue weighted by Crippen LogP contribution is 2.42. The first kappa shape index (κ1) is 30.3. The second-order valence-electron chi connectivity index (χ2n) is 14.1. The van der Waals surface area contributed by atoms with Crippen molar-refractivity contribution in [3.05, 3.63) is 176 Å². The van der Waals surface area contributed by atoms with E-state index in [1.807, 2.05) is 0 Å². The van der Waals surface area contributed by atoms with Gasteiger partial charge in [-0.3, -0.25) is 4.57 Å². The Morgan fingerprint density at radius 2 is 0.909 bits per heavy atom. The lowest BCUT2D eigenvalue weighted by Gasteiger charge is -2.13. The van der Waals surface area contributed by atoms with Crippen LogP contribution in [0.2, 0.25) is 0 Å². The minimum Gasteiger partial charge on any atom is -0.307 e. The lowest BCUT2D eigenvalue weighted by Crippen LogP contribution is -2.07. The summed E-state index contributed by atoms with van der Waals surface area (Å²) in [6.45, 7) is 0. The molecule has 12 aromatic rings. The normalized spacial score (nSPS) is 12.0. The minimum absolute atomic E-state index is 0.577. The van der Waals surface area contributed by atoms with Gasteiger partial charge in [0.25, 0.3) is 0 Å². The van der Waals surface area contributed by atoms with Gasteiger partial charge in [0.05, 0.1) is 22.1 Å². The quantitative estimate of drug-likeness (QED) is 0.182. The number of rotatable bonds is 4. The molecule has 0 spiro atoms. The van der Waals surface area contributed by atoms with Crippen LogP contribution in [0.15, 0.2) is 176 Å². The molecule has 0 saturated heterocycles. The van der Waals surface area contributed by atoms with E-state index in [2.05, 4.69) is 185 Å². The van der Waals surface area contributed by atoms with Crippen LogP contribution in [0.5, 0.6) is 0 Å². The largest absolute Gasteiger partial charge is 0.307 e. The van der Waals surface area contributed by atoms with Gasteiger partial charge in [0.2, 0.25) is 5.95 Å². The molecule has 5 nitrogen and oxygen atoms in total. The van der Waals surface area contributed by atoms with E-state index in [4.69, 9.17) is 15.0 Å². The lowest BCUT2D eigenvalue weighted by molar-refractivity contribution is 0.954. The molecule has 4 aromatic heterocycles. The maximum absolute atomic E-state index is 5.39. The van der Waals surface area contributed by atoms with Crippen molar-refractivity contribution >= 4 is 85.9 Å². The summed E-state index contributed by atoms with van der Waals surface area (Å²) < 4.78 is 7.13. The van der Waals surface area contributed by atoms with E-state index in [1.165, 1.54) is 36.3 Å². The van der Waals surface area contributed by atoms with Gasteiger partial charge in [0, 0.05) is 58.5 Å². The molecular weight excluding hydrogens is 691 g/mol. The van der Waals surface area contributed by atoms with Crippen molar-refractivity contribution in [2.75, 3.05) is 0 Å². The van der Waals surface area contributed by atoms with Crippen molar-refractivity contribution in [2.45, 2.75) is 0 Å². The van der Waals surface area contributed by atoms with E-state index in [0.717, 1.165) is 55.0 Å². The number of para-hydroxylation sites is 3. The summed E-state index contributed by atoms with van der Waals surface area (Å²) in [5.41, 5.74) is 7.35. The Kier molecular flexibility index (Phi) is 6.44. The molecule has 0 aliphatic heterocycles. The molecule has 4 heterocycles. The molecule has 0 radical (unpaired) electrons. The summed E-state index contributed by atoms with van der Waals surface area (Å²) in [7, 11) is 0. The summed E-state index contributed by atoms with van der Waals surface area (Å²) in [4.78, 5) is 16.0. The molecule has 6 heteroatoms. The third-order valence-corrected chi connectivity index (χ3v) is 12.1. The second kappa shape index (κ2) is 11.7. The third kappa shape index (κ3) is 4.55. The van der Waals surface area contributed by atoms with E-state index in [0.29, 0.717) is 17.6 Å². The predicted octanol–water partition coefficient (Wildman–Crippen LogP) is 12.9. The molecule has 0 aliphatic carbocycles. The molecule has 12 rings (SSSR count). The van der Waals surface area contributed by atoms with E-state index < -0.39 is 0 Å². The number of benzene rings is 8. The van der Waals surface area contributed by atoms with Crippen LogP contribution in [-0.2, 0) is 0 Å². The minimum atomic E-state index is 0.577. The Bertz CT molecular complexity index is 3500. The molecular formula is C49H29N5S. The molecule has 0 aliphatic rings. The van der Waals surface area contributed by atoms with Crippen LogP contribution < -0.4 is 0 Å². The van der Waals surface area contributed by atoms with Crippen molar-refractivity contribution in [2.24, 2.45) is 0 Å². The molecule has 55 heavy (non-hydrogen) atoms. The Hall–Kier alpha value is -7.15. The SMILES string of the molecule is c1ccc(-n2c3ccccc3c3ccc4c5ccccc5n(-c5nc(-c6ccc7ccccc7c6)nc(-c6ccc7c(c6)sc6ccccc67)n5)c4c32)cc1. The van der Waals surface area contributed by atoms with Crippen LogP contribution in [0.25, 0.3) is 109 Å². The van der Waals surface area contributed by atoms with Crippen molar-refractivity contribution < 1.29 is 0 Å². The molecule has 0 unspecified atom stereocenters. The van der Waals surface area contributed by atoms with Gasteiger partial charge in [-0.2, -0.15) is 9.97 Å². The van der Waals surface area contributed by atoms with Gasteiger partial charge in [-0.25, -0.2) is 4.98 Å². The van der Waals surface area contributed by atoms with Gasteiger partial charge in [0.1, 0.15) is 0 Å². The lowest BCUT2D eigenvalue weighted by atomic mass is 10.1. The standard InChI is InChI=1S/C49H29N5S/c1-2-14-34(15-3-1)53-41-19-9-6-16-35(41)39-26-27-40-36-17-7-10-20-42(36)54(46(40)45(39)53)49-51-47(32-23-22-30-12-4-5-13-31(30)28-32)50-48(52-49)33-24-25-38-37-18-8-11-21-43(37)55-44(38)29-33/h1-29H. The fourth-order valence-corrected chi connectivity index (χ4v) is 9.62. The van der Waals surface area contributed by atoms with Gasteiger partial charge < -0.3 is 4.57 Å². The summed E-state index contributed by atoms with van der Waals surface area (Å²) in [5.74, 6) is 1.84. The average molecular weight is 720 g/mol. The first-order valence-electron chi connectivity index (χ1n) is 18.4. The Balaban J connectivity index is 1.21. The highest BCUT2D eigenvalue weighted by atomic mass is 32.1. The molecule has 0 atom stereocenters. The molecule has 0 amide bonds. The third-order valence-electron chi connectivity index (χ3n) is 11.0. The van der Waals surface area contributed by atoms with Crippen LogP contribution in [0.1, 0.15) is 0 Å². The highest BCUT2D eigenvalue weighted by Gasteiger charge is 2.23. The molecule has 8 aromatic carbocycles. The van der Waals surface area contributed by atoms with Crippen molar-refractivity contribution in [3.8, 4) is 34.4 Å². The molecule has 0 fully saturated rings. The maximum atomic E-state index is 5.39. The van der Waals surface area contributed by atoms with E-state index >= 15 is 0 Å². The van der Waals surface area contributed by atoms with Crippen LogP contribution >= 0.6 is 11.3 Å². The predicted molar refractivity (Wildman–Crippen MR) is 230 cm³/mol. The summed E-state index contributed by atoms with van der Waals surface area (Å²) in [6.07, 6.45) is 0. The van der Waals surface area contributed by atoms with Gasteiger partial charge in [-0.15, -0.1) is 11.3 Å². The first-order valence-corrected chi connectivity index (χ1v) is 19.3. The summed E-state index contributed by atoms with van der Waals surface area (Å²) in [6, 6.07) is 62.5. The van der Waals surface area contributed by atoms with E-state index in [9.17, 15) is 0 Å². The van der Waals surface area contributed by atoms with Crippen molar-refractivity contribution in [3.63, 3.8) is 0 Å². The number of fused-ring (bicyclic) bond motifs is 11. The Morgan fingerprint density at radius 1 is 0.364 bits per heavy atom. The van der Waals surface area contributed by atoms with Crippen molar-refractivity contribution in [1.29, 1.82) is 0 Å². The van der Waals surface area contributed by atoms with E-state index in [1.54, 1.807) is 11.3 Å². The van der Waals surface area contributed by atoms with E-state index in [-0.39, 0.29) is 0 Å². The smallest absolute Gasteiger partial charge is 0.238 e. The van der Waals surface area contributed by atoms with Crippen LogP contribution in [-0.4, -0.2) is 24.1 Å². The van der Waals surface area contributed by atoms with Crippen LogP contribution in [0, 0.1) is 0 Å². The van der Waals surface area contributed by atoms with Gasteiger partial charge in [-0.05, 0) is 53.2 Å². The number of hydrogen-bond acceptors (Lipinski definition) is 4. The van der Waals surface area contributed by atoms with Crippen molar-refractivity contribution in [1.82, 2.24) is 24.1 Å². The van der Waals surface area contributed by atoms with Gasteiger partial charge >= 0.3 is 0 Å². The second-order valence-corrected chi connectivity index (χ2v) is 15.1. The zero-order valence-electron chi connectivity index (χ0n) is 29.4. The Morgan fingerprint density at radius 3 is 1.67 bits per heavy atom. The highest BCUT2D eigenvalue weighted by molar-refractivity contribution is 7.25. The zero-order chi connectivity index (χ0) is 36.0. The topological polar surface area (TPSA) is 48.5 Å². The van der Waals surface area contributed by atoms with Gasteiger partial charge in [0.15, 0.2) is 11.6 Å². The molecule has 0 N–H and O–H groups in total.